The van der Waals surface area contributed by atoms with Gasteiger partial charge in [0.05, 0.1) is 28.2 Å². The second-order valence-electron chi connectivity index (χ2n) is 3.83. The van der Waals surface area contributed by atoms with Gasteiger partial charge in [0.2, 0.25) is 0 Å². The molecule has 0 saturated carbocycles. The van der Waals surface area contributed by atoms with E-state index >= 15 is 0 Å². The summed E-state index contributed by atoms with van der Waals surface area (Å²) in [4.78, 5) is 0.201. The van der Waals surface area contributed by atoms with Crippen LogP contribution in [0.3, 0.4) is 0 Å². The number of nitrogens with zero attached hydrogens (tertiary/aromatic N) is 1. The maximum absolute atomic E-state index is 13.1. The Morgan fingerprint density at radius 1 is 1.11 bits per heavy atom. The molecule has 2 nitrogen and oxygen atoms in total. The summed E-state index contributed by atoms with van der Waals surface area (Å²) >= 11 is 0. The Labute approximate surface area is 111 Å². The summed E-state index contributed by atoms with van der Waals surface area (Å²) in [5.41, 5.74) is 1.05. The molecule has 0 aromatic heterocycles. The zero-order valence-electron chi connectivity index (χ0n) is 9.77. The highest BCUT2D eigenvalue weighted by Gasteiger charge is 2.11. The van der Waals surface area contributed by atoms with E-state index in [4.69, 9.17) is 5.26 Å². The van der Waals surface area contributed by atoms with Gasteiger partial charge in [-0.15, -0.1) is 0 Å². The lowest BCUT2D eigenvalue weighted by molar-refractivity contribution is 0.505. The molecule has 0 fully saturated rings. The van der Waals surface area contributed by atoms with E-state index in [1.165, 1.54) is 6.07 Å². The smallest absolute Gasteiger partial charge is 0.160 e. The molecule has 5 heteroatoms. The first-order valence-electron chi connectivity index (χ1n) is 5.43. The lowest BCUT2D eigenvalue weighted by Crippen LogP contribution is -2.00. The monoisotopic (exact) mass is 277 g/mol. The zero-order chi connectivity index (χ0) is 13.8. The largest absolute Gasteiger partial charge is 0.254 e. The lowest BCUT2D eigenvalue weighted by atomic mass is 10.1. The first-order chi connectivity index (χ1) is 9.11. The summed E-state index contributed by atoms with van der Waals surface area (Å²) in [5, 5.41) is 8.92. The molecule has 0 radical (unpaired) electrons. The van der Waals surface area contributed by atoms with Crippen molar-refractivity contribution in [2.24, 2.45) is 0 Å². The summed E-state index contributed by atoms with van der Waals surface area (Å²) in [6, 6.07) is 11.9. The van der Waals surface area contributed by atoms with Crippen molar-refractivity contribution >= 4 is 10.8 Å². The van der Waals surface area contributed by atoms with E-state index in [1.54, 1.807) is 24.3 Å². The molecule has 0 aliphatic heterocycles. The molecule has 0 N–H and O–H groups in total. The summed E-state index contributed by atoms with van der Waals surface area (Å²) in [7, 11) is -1.52. The number of hydrogen-bond donors (Lipinski definition) is 0. The molecule has 0 heterocycles. The average molecular weight is 277 g/mol. The van der Waals surface area contributed by atoms with Crippen molar-refractivity contribution < 1.29 is 13.0 Å². The van der Waals surface area contributed by atoms with E-state index in [2.05, 4.69) is 0 Å². The number of rotatable bonds is 3. The second-order valence-corrected chi connectivity index (χ2v) is 5.29. The van der Waals surface area contributed by atoms with Crippen LogP contribution in [0.2, 0.25) is 0 Å². The summed E-state index contributed by atoms with van der Waals surface area (Å²) in [5.74, 6) is -1.91. The first kappa shape index (κ1) is 13.4. The SMILES string of the molecule is N#Cc1ccccc1CS(=O)c1ccc(F)c(F)c1. The van der Waals surface area contributed by atoms with Crippen molar-refractivity contribution in [3.05, 3.63) is 65.2 Å². The van der Waals surface area contributed by atoms with Crippen molar-refractivity contribution in [2.45, 2.75) is 10.6 Å². The molecule has 1 unspecified atom stereocenters. The Morgan fingerprint density at radius 3 is 2.53 bits per heavy atom. The highest BCUT2D eigenvalue weighted by Crippen LogP contribution is 2.17. The summed E-state index contributed by atoms with van der Waals surface area (Å²) in [6.45, 7) is 0. The van der Waals surface area contributed by atoms with Crippen LogP contribution in [0.25, 0.3) is 0 Å². The number of nitriles is 1. The molecule has 0 aliphatic rings. The fourth-order valence-corrected chi connectivity index (χ4v) is 2.75. The average Bonchev–Trinajstić information content (AvgIpc) is 2.42. The van der Waals surface area contributed by atoms with Crippen LogP contribution in [0.5, 0.6) is 0 Å². The fraction of sp³-hybridized carbons (Fsp3) is 0.0714. The topological polar surface area (TPSA) is 40.9 Å². The van der Waals surface area contributed by atoms with E-state index in [-0.39, 0.29) is 10.6 Å². The van der Waals surface area contributed by atoms with Crippen LogP contribution in [0.4, 0.5) is 8.78 Å². The number of benzene rings is 2. The van der Waals surface area contributed by atoms with E-state index in [9.17, 15) is 13.0 Å². The minimum Gasteiger partial charge on any atom is -0.254 e. The van der Waals surface area contributed by atoms with Gasteiger partial charge < -0.3 is 0 Å². The van der Waals surface area contributed by atoms with Crippen LogP contribution in [-0.4, -0.2) is 4.21 Å². The molecule has 1 atom stereocenters. The third-order valence-corrected chi connectivity index (χ3v) is 3.93. The van der Waals surface area contributed by atoms with Crippen LogP contribution >= 0.6 is 0 Å². The molecule has 0 aliphatic carbocycles. The maximum atomic E-state index is 13.1. The Balaban J connectivity index is 2.26. The molecular formula is C14H9F2NOS. The first-order valence-corrected chi connectivity index (χ1v) is 6.75. The molecule has 2 rings (SSSR count). The predicted molar refractivity (Wildman–Crippen MR) is 67.6 cm³/mol. The van der Waals surface area contributed by atoms with Crippen LogP contribution in [0.15, 0.2) is 47.4 Å². The normalized spacial score (nSPS) is 11.8. The minimum atomic E-state index is -1.52. The van der Waals surface area contributed by atoms with Gasteiger partial charge in [-0.25, -0.2) is 8.78 Å². The Morgan fingerprint density at radius 2 is 1.84 bits per heavy atom. The van der Waals surface area contributed by atoms with Gasteiger partial charge in [0.25, 0.3) is 0 Å². The second kappa shape index (κ2) is 5.72. The third kappa shape index (κ3) is 3.04. The third-order valence-electron chi connectivity index (χ3n) is 2.58. The minimum absolute atomic E-state index is 0.0921. The van der Waals surface area contributed by atoms with Gasteiger partial charge >= 0.3 is 0 Å². The standard InChI is InChI=1S/C14H9F2NOS/c15-13-6-5-12(7-14(13)16)19(18)9-11-4-2-1-3-10(11)8-17/h1-7H,9H2. The molecule has 0 amide bonds. The quantitative estimate of drug-likeness (QED) is 0.864. The Hall–Kier alpha value is -2.06. The van der Waals surface area contributed by atoms with E-state index < -0.39 is 22.4 Å². The van der Waals surface area contributed by atoms with E-state index in [1.807, 2.05) is 6.07 Å². The molecule has 0 saturated heterocycles. The predicted octanol–water partition coefficient (Wildman–Crippen LogP) is 3.14. The van der Waals surface area contributed by atoms with Crippen LogP contribution in [-0.2, 0) is 16.6 Å². The van der Waals surface area contributed by atoms with Crippen molar-refractivity contribution in [2.75, 3.05) is 0 Å². The van der Waals surface area contributed by atoms with Gasteiger partial charge in [-0.2, -0.15) is 5.26 Å². The van der Waals surface area contributed by atoms with Crippen molar-refractivity contribution in [3.8, 4) is 6.07 Å². The molecule has 96 valence electrons. The lowest BCUT2D eigenvalue weighted by Gasteiger charge is -2.05. The van der Waals surface area contributed by atoms with Crippen LogP contribution < -0.4 is 0 Å². The van der Waals surface area contributed by atoms with Crippen LogP contribution in [0, 0.1) is 23.0 Å². The summed E-state index contributed by atoms with van der Waals surface area (Å²) in [6.07, 6.45) is 0. The molecule has 2 aromatic carbocycles. The van der Waals surface area contributed by atoms with Gasteiger partial charge in [0.15, 0.2) is 11.6 Å². The molecule has 19 heavy (non-hydrogen) atoms. The number of halogens is 2. The van der Waals surface area contributed by atoms with Crippen molar-refractivity contribution in [3.63, 3.8) is 0 Å². The maximum Gasteiger partial charge on any atom is 0.160 e. The number of hydrogen-bond acceptors (Lipinski definition) is 2. The highest BCUT2D eigenvalue weighted by atomic mass is 32.2. The van der Waals surface area contributed by atoms with Gasteiger partial charge in [-0.3, -0.25) is 4.21 Å². The van der Waals surface area contributed by atoms with Gasteiger partial charge in [-0.1, -0.05) is 18.2 Å². The zero-order valence-corrected chi connectivity index (χ0v) is 10.6. The summed E-state index contributed by atoms with van der Waals surface area (Å²) < 4.78 is 37.9. The van der Waals surface area contributed by atoms with Crippen LogP contribution in [0.1, 0.15) is 11.1 Å². The Kier molecular flexibility index (Phi) is 4.03. The van der Waals surface area contributed by atoms with Crippen molar-refractivity contribution in [1.29, 1.82) is 5.26 Å². The van der Waals surface area contributed by atoms with E-state index in [0.717, 1.165) is 12.1 Å². The van der Waals surface area contributed by atoms with Gasteiger partial charge in [0.1, 0.15) is 0 Å². The molecule has 0 spiro atoms. The molecule has 0 bridgehead atoms. The molecular weight excluding hydrogens is 268 g/mol. The van der Waals surface area contributed by atoms with Gasteiger partial charge in [0, 0.05) is 4.90 Å². The fourth-order valence-electron chi connectivity index (χ4n) is 1.60. The highest BCUT2D eigenvalue weighted by molar-refractivity contribution is 7.84. The van der Waals surface area contributed by atoms with Crippen molar-refractivity contribution in [1.82, 2.24) is 0 Å². The Bertz CT molecular complexity index is 679. The van der Waals surface area contributed by atoms with E-state index in [0.29, 0.717) is 11.1 Å². The molecule has 2 aromatic rings. The van der Waals surface area contributed by atoms with Gasteiger partial charge in [-0.05, 0) is 29.8 Å².